The molecule has 0 aliphatic heterocycles. The van der Waals surface area contributed by atoms with Gasteiger partial charge in [0.25, 0.3) is 0 Å². The van der Waals surface area contributed by atoms with Crippen LogP contribution < -0.4 is 10.1 Å². The number of aliphatic hydroxyl groups is 1. The van der Waals surface area contributed by atoms with Gasteiger partial charge in [-0.05, 0) is 43.4 Å². The molecular formula is C16H25F2NO2. The fourth-order valence-electron chi connectivity index (χ4n) is 1.88. The highest BCUT2D eigenvalue weighted by Gasteiger charge is 2.10. The Morgan fingerprint density at radius 3 is 2.29 bits per heavy atom. The summed E-state index contributed by atoms with van der Waals surface area (Å²) in [6.45, 7) is 3.84. The quantitative estimate of drug-likeness (QED) is 0.736. The fourth-order valence-corrected chi connectivity index (χ4v) is 1.88. The normalized spacial score (nSPS) is 14.5. The minimum Gasteiger partial charge on any atom is -0.435 e. The van der Waals surface area contributed by atoms with E-state index in [-0.39, 0.29) is 23.8 Å². The second-order valence-corrected chi connectivity index (χ2v) is 5.68. The maximum absolute atomic E-state index is 12.0. The summed E-state index contributed by atoms with van der Waals surface area (Å²) < 4.78 is 28.4. The van der Waals surface area contributed by atoms with Crippen molar-refractivity contribution in [2.24, 2.45) is 5.92 Å². The first-order valence-electron chi connectivity index (χ1n) is 7.33. The van der Waals surface area contributed by atoms with E-state index in [2.05, 4.69) is 17.0 Å². The molecule has 2 N–H and O–H groups in total. The van der Waals surface area contributed by atoms with Crippen molar-refractivity contribution in [3.63, 3.8) is 0 Å². The third-order valence-electron chi connectivity index (χ3n) is 3.46. The number of aliphatic hydroxyl groups excluding tert-OH is 1. The van der Waals surface area contributed by atoms with Gasteiger partial charge in [-0.25, -0.2) is 0 Å². The van der Waals surface area contributed by atoms with Gasteiger partial charge in [0.2, 0.25) is 0 Å². The molecule has 0 heterocycles. The largest absolute Gasteiger partial charge is 0.435 e. The number of nitrogens with one attached hydrogen (secondary N) is 1. The number of benzene rings is 1. The molecule has 0 aliphatic carbocycles. The standard InChI is InChI=1S/C16H25F2NO2/c1-11(2)15(20)10-19-12(3)4-5-13-6-8-14(9-7-13)21-16(17)18/h6-9,11-12,15-16,19-20H,4-5,10H2,1-3H3. The molecular weight excluding hydrogens is 276 g/mol. The van der Waals surface area contributed by atoms with Gasteiger partial charge in [0.15, 0.2) is 0 Å². The molecule has 0 saturated heterocycles. The summed E-state index contributed by atoms with van der Waals surface area (Å²) in [5.41, 5.74) is 1.08. The van der Waals surface area contributed by atoms with Crippen LogP contribution >= 0.6 is 0 Å². The molecule has 2 atom stereocenters. The van der Waals surface area contributed by atoms with Crippen molar-refractivity contribution < 1.29 is 18.6 Å². The Bertz CT molecular complexity index is 396. The molecule has 5 heteroatoms. The molecule has 0 aromatic heterocycles. The zero-order valence-electron chi connectivity index (χ0n) is 12.9. The van der Waals surface area contributed by atoms with Gasteiger partial charge < -0.3 is 15.2 Å². The molecule has 0 amide bonds. The first-order valence-corrected chi connectivity index (χ1v) is 7.33. The van der Waals surface area contributed by atoms with Crippen molar-refractivity contribution in [1.82, 2.24) is 5.32 Å². The molecule has 0 bridgehead atoms. The Kier molecular flexibility index (Phi) is 7.61. The summed E-state index contributed by atoms with van der Waals surface area (Å²) in [4.78, 5) is 0. The lowest BCUT2D eigenvalue weighted by molar-refractivity contribution is -0.0498. The molecule has 120 valence electrons. The molecule has 1 aromatic rings. The van der Waals surface area contributed by atoms with Crippen molar-refractivity contribution in [3.8, 4) is 5.75 Å². The maximum Gasteiger partial charge on any atom is 0.387 e. The molecule has 0 aliphatic rings. The van der Waals surface area contributed by atoms with Crippen LogP contribution in [0.3, 0.4) is 0 Å². The van der Waals surface area contributed by atoms with Gasteiger partial charge in [0, 0.05) is 12.6 Å². The van der Waals surface area contributed by atoms with Crippen molar-refractivity contribution in [2.75, 3.05) is 6.54 Å². The second kappa shape index (κ2) is 8.95. The monoisotopic (exact) mass is 301 g/mol. The van der Waals surface area contributed by atoms with Gasteiger partial charge in [0.05, 0.1) is 6.10 Å². The Hall–Kier alpha value is -1.20. The Morgan fingerprint density at radius 2 is 1.76 bits per heavy atom. The van der Waals surface area contributed by atoms with Gasteiger partial charge >= 0.3 is 6.61 Å². The molecule has 0 radical (unpaired) electrons. The lowest BCUT2D eigenvalue weighted by atomic mass is 10.0. The van der Waals surface area contributed by atoms with Crippen molar-refractivity contribution >= 4 is 0 Å². The highest BCUT2D eigenvalue weighted by atomic mass is 19.3. The number of rotatable bonds is 9. The van der Waals surface area contributed by atoms with Gasteiger partial charge in [-0.3, -0.25) is 0 Å². The van der Waals surface area contributed by atoms with E-state index in [1.807, 2.05) is 13.8 Å². The van der Waals surface area contributed by atoms with Gasteiger partial charge in [-0.15, -0.1) is 0 Å². The van der Waals surface area contributed by atoms with Gasteiger partial charge in [-0.2, -0.15) is 8.78 Å². The molecule has 0 fully saturated rings. The zero-order chi connectivity index (χ0) is 15.8. The number of hydrogen-bond donors (Lipinski definition) is 2. The molecule has 1 rings (SSSR count). The number of halogens is 2. The van der Waals surface area contributed by atoms with E-state index in [0.717, 1.165) is 18.4 Å². The Balaban J connectivity index is 2.31. The number of ether oxygens (including phenoxy) is 1. The average Bonchev–Trinajstić information content (AvgIpc) is 2.43. The van der Waals surface area contributed by atoms with E-state index >= 15 is 0 Å². The maximum atomic E-state index is 12.0. The Labute approximate surface area is 125 Å². The number of alkyl halides is 2. The van der Waals surface area contributed by atoms with Crippen LogP contribution in [0.15, 0.2) is 24.3 Å². The topological polar surface area (TPSA) is 41.5 Å². The summed E-state index contributed by atoms with van der Waals surface area (Å²) in [7, 11) is 0. The zero-order valence-corrected chi connectivity index (χ0v) is 12.9. The average molecular weight is 301 g/mol. The lowest BCUT2D eigenvalue weighted by Gasteiger charge is -2.19. The summed E-state index contributed by atoms with van der Waals surface area (Å²) in [5.74, 6) is 0.423. The van der Waals surface area contributed by atoms with Crippen LogP contribution in [0.25, 0.3) is 0 Å². The van der Waals surface area contributed by atoms with Crippen molar-refractivity contribution in [1.29, 1.82) is 0 Å². The summed E-state index contributed by atoms with van der Waals surface area (Å²) >= 11 is 0. The van der Waals surface area contributed by atoms with E-state index in [9.17, 15) is 13.9 Å². The lowest BCUT2D eigenvalue weighted by Crippen LogP contribution is -2.36. The Morgan fingerprint density at radius 1 is 1.14 bits per heavy atom. The van der Waals surface area contributed by atoms with Crippen molar-refractivity contribution in [3.05, 3.63) is 29.8 Å². The molecule has 21 heavy (non-hydrogen) atoms. The van der Waals surface area contributed by atoms with E-state index in [0.29, 0.717) is 6.54 Å². The number of hydrogen-bond acceptors (Lipinski definition) is 3. The minimum atomic E-state index is -2.78. The third-order valence-corrected chi connectivity index (χ3v) is 3.46. The predicted molar refractivity (Wildman–Crippen MR) is 79.7 cm³/mol. The smallest absolute Gasteiger partial charge is 0.387 e. The molecule has 2 unspecified atom stereocenters. The van der Waals surface area contributed by atoms with Gasteiger partial charge in [-0.1, -0.05) is 26.0 Å². The molecule has 0 saturated carbocycles. The third kappa shape index (κ3) is 7.39. The van der Waals surface area contributed by atoms with Crippen LogP contribution in [-0.4, -0.2) is 30.4 Å². The predicted octanol–water partition coefficient (Wildman–Crippen LogP) is 3.22. The fraction of sp³-hybridized carbons (Fsp3) is 0.625. The summed E-state index contributed by atoms with van der Waals surface area (Å²) in [5, 5.41) is 13.0. The van der Waals surface area contributed by atoms with E-state index in [4.69, 9.17) is 0 Å². The first-order chi connectivity index (χ1) is 9.88. The van der Waals surface area contributed by atoms with Crippen molar-refractivity contribution in [2.45, 2.75) is 52.4 Å². The highest BCUT2D eigenvalue weighted by Crippen LogP contribution is 2.16. The summed E-state index contributed by atoms with van der Waals surface area (Å²) in [6.07, 6.45) is 1.43. The highest BCUT2D eigenvalue weighted by molar-refractivity contribution is 5.27. The van der Waals surface area contributed by atoms with Crippen LogP contribution in [0.1, 0.15) is 32.8 Å². The molecule has 0 spiro atoms. The first kappa shape index (κ1) is 17.9. The van der Waals surface area contributed by atoms with E-state index < -0.39 is 6.61 Å². The van der Waals surface area contributed by atoms with Crippen LogP contribution in [0.5, 0.6) is 5.75 Å². The van der Waals surface area contributed by atoms with E-state index in [1.165, 1.54) is 0 Å². The molecule has 3 nitrogen and oxygen atoms in total. The van der Waals surface area contributed by atoms with E-state index in [1.54, 1.807) is 24.3 Å². The van der Waals surface area contributed by atoms with Crippen LogP contribution in [0, 0.1) is 5.92 Å². The summed E-state index contributed by atoms with van der Waals surface area (Å²) in [6, 6.07) is 7.00. The SMILES string of the molecule is CC(CCc1ccc(OC(F)F)cc1)NCC(O)C(C)C. The van der Waals surface area contributed by atoms with Crippen LogP contribution in [-0.2, 0) is 6.42 Å². The van der Waals surface area contributed by atoms with Crippen LogP contribution in [0.4, 0.5) is 8.78 Å². The number of aryl methyl sites for hydroxylation is 1. The van der Waals surface area contributed by atoms with Gasteiger partial charge in [0.1, 0.15) is 5.75 Å². The minimum absolute atomic E-state index is 0.181. The second-order valence-electron chi connectivity index (χ2n) is 5.68. The molecule has 1 aromatic carbocycles. The van der Waals surface area contributed by atoms with Crippen LogP contribution in [0.2, 0.25) is 0 Å².